The van der Waals surface area contributed by atoms with Gasteiger partial charge < -0.3 is 4.74 Å². The van der Waals surface area contributed by atoms with Crippen LogP contribution in [0.3, 0.4) is 0 Å². The maximum atomic E-state index is 5.42. The number of thiazole rings is 1. The molecule has 62 valence electrons. The minimum absolute atomic E-state index is 0.818. The van der Waals surface area contributed by atoms with Gasteiger partial charge in [0.2, 0.25) is 0 Å². The van der Waals surface area contributed by atoms with Crippen LogP contribution in [0.4, 0.5) is 0 Å². The Labute approximate surface area is 71.2 Å². The third kappa shape index (κ3) is 2.89. The summed E-state index contributed by atoms with van der Waals surface area (Å²) in [5.41, 5.74) is 0. The van der Waals surface area contributed by atoms with Crippen molar-refractivity contribution in [3.63, 3.8) is 0 Å². The van der Waals surface area contributed by atoms with E-state index in [4.69, 9.17) is 4.74 Å². The van der Waals surface area contributed by atoms with Crippen molar-refractivity contribution in [2.75, 3.05) is 6.61 Å². The van der Waals surface area contributed by atoms with Crippen LogP contribution in [0.1, 0.15) is 24.8 Å². The molecule has 0 saturated carbocycles. The Bertz CT molecular complexity index is 210. The molecule has 0 saturated heterocycles. The van der Waals surface area contributed by atoms with Crippen LogP contribution in [0.15, 0.2) is 6.20 Å². The van der Waals surface area contributed by atoms with Crippen molar-refractivity contribution < 1.29 is 4.74 Å². The fourth-order valence-corrected chi connectivity index (χ4v) is 1.37. The van der Waals surface area contributed by atoms with Crippen molar-refractivity contribution in [2.24, 2.45) is 0 Å². The molecule has 0 aliphatic heterocycles. The fourth-order valence-electron chi connectivity index (χ4n) is 0.726. The van der Waals surface area contributed by atoms with E-state index in [0.717, 1.165) is 23.1 Å². The molecule has 0 bridgehead atoms. The zero-order valence-corrected chi connectivity index (χ0v) is 7.78. The van der Waals surface area contributed by atoms with Crippen molar-refractivity contribution in [2.45, 2.75) is 26.7 Å². The quantitative estimate of drug-likeness (QED) is 0.650. The summed E-state index contributed by atoms with van der Waals surface area (Å²) in [5.74, 6) is 0. The molecule has 1 aromatic heterocycles. The van der Waals surface area contributed by atoms with Crippen molar-refractivity contribution in [1.82, 2.24) is 4.98 Å². The van der Waals surface area contributed by atoms with Gasteiger partial charge in [0.05, 0.1) is 17.8 Å². The zero-order chi connectivity index (χ0) is 8.10. The highest BCUT2D eigenvalue weighted by Gasteiger charge is 1.96. The van der Waals surface area contributed by atoms with E-state index in [1.807, 2.05) is 6.92 Å². The predicted molar refractivity (Wildman–Crippen MR) is 47.3 cm³/mol. The van der Waals surface area contributed by atoms with Crippen LogP contribution >= 0.6 is 11.3 Å². The number of aromatic nitrogens is 1. The molecule has 0 aliphatic rings. The number of rotatable bonds is 4. The topological polar surface area (TPSA) is 22.1 Å². The van der Waals surface area contributed by atoms with Crippen molar-refractivity contribution in [3.05, 3.63) is 11.2 Å². The summed E-state index contributed by atoms with van der Waals surface area (Å²) in [5, 5.41) is 2.01. The van der Waals surface area contributed by atoms with Crippen LogP contribution in [0, 0.1) is 6.92 Å². The summed E-state index contributed by atoms with van der Waals surface area (Å²) in [4.78, 5) is 4.09. The minimum Gasteiger partial charge on any atom is -0.483 e. The zero-order valence-electron chi connectivity index (χ0n) is 6.96. The van der Waals surface area contributed by atoms with Gasteiger partial charge in [-0.15, -0.1) is 0 Å². The lowest BCUT2D eigenvalue weighted by Crippen LogP contribution is -1.93. The molecule has 0 fully saturated rings. The normalized spacial score (nSPS) is 10.0. The summed E-state index contributed by atoms with van der Waals surface area (Å²) in [6.07, 6.45) is 4.09. The van der Waals surface area contributed by atoms with Crippen LogP contribution in [0.5, 0.6) is 5.06 Å². The Morgan fingerprint density at radius 1 is 1.64 bits per heavy atom. The van der Waals surface area contributed by atoms with E-state index in [1.165, 1.54) is 6.42 Å². The van der Waals surface area contributed by atoms with Crippen LogP contribution < -0.4 is 4.74 Å². The van der Waals surface area contributed by atoms with E-state index < -0.39 is 0 Å². The lowest BCUT2D eigenvalue weighted by molar-refractivity contribution is 0.317. The first-order valence-corrected chi connectivity index (χ1v) is 4.70. The van der Waals surface area contributed by atoms with Gasteiger partial charge in [-0.05, 0) is 13.3 Å². The summed E-state index contributed by atoms with van der Waals surface area (Å²) in [6.45, 7) is 4.96. The first kappa shape index (κ1) is 8.53. The Balaban J connectivity index is 2.27. The van der Waals surface area contributed by atoms with E-state index in [9.17, 15) is 0 Å². The largest absolute Gasteiger partial charge is 0.483 e. The molecule has 1 aromatic rings. The number of hydrogen-bond donors (Lipinski definition) is 0. The Morgan fingerprint density at radius 2 is 2.45 bits per heavy atom. The van der Waals surface area contributed by atoms with Crippen LogP contribution in [-0.2, 0) is 0 Å². The highest BCUT2D eigenvalue weighted by Crippen LogP contribution is 2.20. The van der Waals surface area contributed by atoms with Gasteiger partial charge in [-0.3, -0.25) is 0 Å². The Hall–Kier alpha value is -0.570. The number of aryl methyl sites for hydroxylation is 1. The molecule has 0 amide bonds. The van der Waals surface area contributed by atoms with Crippen molar-refractivity contribution in [3.8, 4) is 5.06 Å². The summed E-state index contributed by atoms with van der Waals surface area (Å²) >= 11 is 1.60. The summed E-state index contributed by atoms with van der Waals surface area (Å²) in [6, 6.07) is 0. The maximum absolute atomic E-state index is 5.42. The van der Waals surface area contributed by atoms with E-state index in [0.29, 0.717) is 0 Å². The lowest BCUT2D eigenvalue weighted by Gasteiger charge is -1.98. The third-order valence-electron chi connectivity index (χ3n) is 1.34. The SMILES string of the molecule is CCCCOc1cnc(C)s1. The second-order valence-electron chi connectivity index (χ2n) is 2.40. The molecular weight excluding hydrogens is 158 g/mol. The molecule has 0 radical (unpaired) electrons. The van der Waals surface area contributed by atoms with Gasteiger partial charge in [-0.1, -0.05) is 24.7 Å². The lowest BCUT2D eigenvalue weighted by atomic mass is 10.4. The monoisotopic (exact) mass is 171 g/mol. The number of unbranched alkanes of at least 4 members (excludes halogenated alkanes) is 1. The molecule has 0 unspecified atom stereocenters. The van der Waals surface area contributed by atoms with Crippen molar-refractivity contribution >= 4 is 11.3 Å². The average molecular weight is 171 g/mol. The molecule has 3 heteroatoms. The predicted octanol–water partition coefficient (Wildman–Crippen LogP) is 2.63. The molecule has 0 atom stereocenters. The smallest absolute Gasteiger partial charge is 0.194 e. The summed E-state index contributed by atoms with van der Waals surface area (Å²) < 4.78 is 5.42. The number of hydrogen-bond acceptors (Lipinski definition) is 3. The van der Waals surface area contributed by atoms with Gasteiger partial charge >= 0.3 is 0 Å². The molecule has 11 heavy (non-hydrogen) atoms. The Kier molecular flexibility index (Phi) is 3.36. The second kappa shape index (κ2) is 4.34. The van der Waals surface area contributed by atoms with Gasteiger partial charge in [0.15, 0.2) is 5.06 Å². The van der Waals surface area contributed by atoms with E-state index >= 15 is 0 Å². The van der Waals surface area contributed by atoms with Crippen LogP contribution in [0.25, 0.3) is 0 Å². The van der Waals surface area contributed by atoms with Gasteiger partial charge in [-0.2, -0.15) is 0 Å². The molecule has 1 rings (SSSR count). The Morgan fingerprint density at radius 3 is 3.00 bits per heavy atom. The molecule has 0 aliphatic carbocycles. The number of ether oxygens (including phenoxy) is 1. The van der Waals surface area contributed by atoms with E-state index in [-0.39, 0.29) is 0 Å². The maximum Gasteiger partial charge on any atom is 0.194 e. The molecule has 0 aromatic carbocycles. The van der Waals surface area contributed by atoms with Gasteiger partial charge in [-0.25, -0.2) is 4.98 Å². The first-order valence-electron chi connectivity index (χ1n) is 3.88. The third-order valence-corrected chi connectivity index (χ3v) is 2.17. The molecule has 0 spiro atoms. The number of nitrogens with zero attached hydrogens (tertiary/aromatic N) is 1. The van der Waals surface area contributed by atoms with Gasteiger partial charge in [0, 0.05) is 0 Å². The highest BCUT2D eigenvalue weighted by molar-refractivity contribution is 7.13. The van der Waals surface area contributed by atoms with Crippen LogP contribution in [-0.4, -0.2) is 11.6 Å². The second-order valence-corrected chi connectivity index (χ2v) is 3.60. The standard InChI is InChI=1S/C8H13NOS/c1-3-4-5-10-8-6-9-7(2)11-8/h6H,3-5H2,1-2H3. The van der Waals surface area contributed by atoms with E-state index in [2.05, 4.69) is 11.9 Å². The van der Waals surface area contributed by atoms with Gasteiger partial charge in [0.1, 0.15) is 0 Å². The molecule has 1 heterocycles. The fraction of sp³-hybridized carbons (Fsp3) is 0.625. The van der Waals surface area contributed by atoms with Crippen LogP contribution in [0.2, 0.25) is 0 Å². The van der Waals surface area contributed by atoms with Crippen molar-refractivity contribution in [1.29, 1.82) is 0 Å². The average Bonchev–Trinajstić information content (AvgIpc) is 2.37. The molecule has 0 N–H and O–H groups in total. The first-order chi connectivity index (χ1) is 5.33. The van der Waals surface area contributed by atoms with E-state index in [1.54, 1.807) is 17.5 Å². The molecular formula is C8H13NOS. The molecule has 2 nitrogen and oxygen atoms in total. The highest BCUT2D eigenvalue weighted by atomic mass is 32.1. The van der Waals surface area contributed by atoms with Gasteiger partial charge in [0.25, 0.3) is 0 Å². The summed E-state index contributed by atoms with van der Waals surface area (Å²) in [7, 11) is 0. The minimum atomic E-state index is 0.818.